The molecule has 1 rings (SSSR count). The van der Waals surface area contributed by atoms with Gasteiger partial charge in [0.15, 0.2) is 0 Å². The van der Waals surface area contributed by atoms with Crippen LogP contribution in [0.3, 0.4) is 0 Å². The molecular weight excluding hydrogens is 367 g/mol. The Labute approximate surface area is 165 Å². The van der Waals surface area contributed by atoms with Gasteiger partial charge >= 0.3 is 7.60 Å². The molecule has 3 nitrogen and oxygen atoms in total. The lowest BCUT2D eigenvalue weighted by Crippen LogP contribution is -2.04. The van der Waals surface area contributed by atoms with E-state index < -0.39 is 7.60 Å². The Morgan fingerprint density at radius 1 is 0.846 bits per heavy atom. The van der Waals surface area contributed by atoms with E-state index in [1.54, 1.807) is 12.1 Å². The second-order valence-corrected chi connectivity index (χ2v) is 9.39. The molecule has 1 unspecified atom stereocenters. The molecule has 1 aromatic rings. The summed E-state index contributed by atoms with van der Waals surface area (Å²) in [5, 5.41) is 0.468. The van der Waals surface area contributed by atoms with Gasteiger partial charge in [-0.3, -0.25) is 4.52 Å². The van der Waals surface area contributed by atoms with Crippen LogP contribution in [0, 0.1) is 0 Å². The molecular formula is C21H36ClO3P. The smallest absolute Gasteiger partial charge is 0.379 e. The maximum Gasteiger partial charge on any atom is 0.379 e. The van der Waals surface area contributed by atoms with E-state index in [1.165, 1.54) is 44.9 Å². The summed E-state index contributed by atoms with van der Waals surface area (Å²) in [5.41, 5.74) is 0. The van der Waals surface area contributed by atoms with Gasteiger partial charge in [0.05, 0.1) is 17.8 Å². The van der Waals surface area contributed by atoms with Crippen molar-refractivity contribution >= 4 is 19.2 Å². The summed E-state index contributed by atoms with van der Waals surface area (Å²) in [6.07, 6.45) is 13.5. The number of rotatable bonds is 16. The summed E-state index contributed by atoms with van der Waals surface area (Å²) < 4.78 is 24.5. The fourth-order valence-corrected chi connectivity index (χ4v) is 4.84. The summed E-state index contributed by atoms with van der Waals surface area (Å²) in [6.45, 7) is 4.80. The summed E-state index contributed by atoms with van der Waals surface area (Å²) >= 11 is 6.13. The van der Waals surface area contributed by atoms with Gasteiger partial charge in [-0.2, -0.15) is 0 Å². The van der Waals surface area contributed by atoms with E-state index >= 15 is 0 Å². The van der Waals surface area contributed by atoms with E-state index in [-0.39, 0.29) is 0 Å². The van der Waals surface area contributed by atoms with Crippen LogP contribution >= 0.6 is 19.2 Å². The first-order chi connectivity index (χ1) is 12.6. The van der Waals surface area contributed by atoms with Crippen LogP contribution < -0.4 is 4.52 Å². The molecule has 1 aromatic carbocycles. The van der Waals surface area contributed by atoms with Gasteiger partial charge in [0.1, 0.15) is 5.75 Å². The third-order valence-electron chi connectivity index (χ3n) is 4.40. The molecule has 0 bridgehead atoms. The van der Waals surface area contributed by atoms with Gasteiger partial charge in [0.2, 0.25) is 0 Å². The van der Waals surface area contributed by atoms with Gasteiger partial charge < -0.3 is 4.52 Å². The Morgan fingerprint density at radius 2 is 1.42 bits per heavy atom. The highest BCUT2D eigenvalue weighted by Crippen LogP contribution is 2.50. The van der Waals surface area contributed by atoms with Gasteiger partial charge in [0, 0.05) is 0 Å². The number of hydrogen-bond donors (Lipinski definition) is 0. The zero-order valence-corrected chi connectivity index (χ0v) is 18.2. The monoisotopic (exact) mass is 402 g/mol. The van der Waals surface area contributed by atoms with Crippen molar-refractivity contribution in [3.05, 3.63) is 29.3 Å². The molecule has 0 aliphatic rings. The average molecular weight is 403 g/mol. The lowest BCUT2D eigenvalue weighted by atomic mass is 10.1. The highest BCUT2D eigenvalue weighted by Gasteiger charge is 2.26. The lowest BCUT2D eigenvalue weighted by Gasteiger charge is -2.20. The molecule has 5 heteroatoms. The van der Waals surface area contributed by atoms with Crippen LogP contribution in [-0.4, -0.2) is 12.8 Å². The molecule has 0 amide bonds. The van der Waals surface area contributed by atoms with Crippen molar-refractivity contribution in [3.8, 4) is 5.75 Å². The van der Waals surface area contributed by atoms with E-state index in [0.29, 0.717) is 23.5 Å². The van der Waals surface area contributed by atoms with Gasteiger partial charge in [-0.1, -0.05) is 95.4 Å². The third-order valence-corrected chi connectivity index (χ3v) is 6.62. The highest BCUT2D eigenvalue weighted by atomic mass is 35.5. The first kappa shape index (κ1) is 23.5. The predicted octanol–water partition coefficient (Wildman–Crippen LogP) is 8.26. The minimum atomic E-state index is -3.14. The Kier molecular flexibility index (Phi) is 13.2. The number of unbranched alkanes of at least 4 members (excludes halogenated alkanes) is 9. The number of halogens is 1. The van der Waals surface area contributed by atoms with E-state index in [4.69, 9.17) is 20.6 Å². The molecule has 0 aliphatic heterocycles. The molecule has 0 aliphatic carbocycles. The molecule has 0 saturated heterocycles. The van der Waals surface area contributed by atoms with Gasteiger partial charge in [-0.05, 0) is 25.0 Å². The van der Waals surface area contributed by atoms with Crippen molar-refractivity contribution in [2.45, 2.75) is 84.5 Å². The van der Waals surface area contributed by atoms with Crippen molar-refractivity contribution < 1.29 is 13.6 Å². The second kappa shape index (κ2) is 14.5. The lowest BCUT2D eigenvalue weighted by molar-refractivity contribution is 0.257. The van der Waals surface area contributed by atoms with Crippen LogP contribution in [0.4, 0.5) is 0 Å². The minimum Gasteiger partial charge on any atom is -0.423 e. The first-order valence-corrected chi connectivity index (χ1v) is 12.4. The fraction of sp³-hybridized carbons (Fsp3) is 0.714. The van der Waals surface area contributed by atoms with E-state index in [2.05, 4.69) is 13.8 Å². The Bertz CT molecular complexity index is 522. The fourth-order valence-electron chi connectivity index (χ4n) is 2.77. The molecule has 150 valence electrons. The largest absolute Gasteiger partial charge is 0.423 e. The predicted molar refractivity (Wildman–Crippen MR) is 113 cm³/mol. The maximum absolute atomic E-state index is 13.0. The van der Waals surface area contributed by atoms with E-state index in [9.17, 15) is 4.57 Å². The molecule has 0 aromatic heterocycles. The van der Waals surface area contributed by atoms with E-state index in [0.717, 1.165) is 25.7 Å². The van der Waals surface area contributed by atoms with Crippen LogP contribution in [0.5, 0.6) is 5.75 Å². The molecule has 1 atom stereocenters. The topological polar surface area (TPSA) is 35.5 Å². The van der Waals surface area contributed by atoms with E-state index in [1.807, 2.05) is 12.1 Å². The van der Waals surface area contributed by atoms with Crippen LogP contribution in [-0.2, 0) is 9.09 Å². The zero-order valence-electron chi connectivity index (χ0n) is 16.6. The van der Waals surface area contributed by atoms with Crippen LogP contribution in [0.25, 0.3) is 0 Å². The molecule has 26 heavy (non-hydrogen) atoms. The quantitative estimate of drug-likeness (QED) is 0.206. The molecule has 0 N–H and O–H groups in total. The van der Waals surface area contributed by atoms with Gasteiger partial charge in [-0.15, -0.1) is 0 Å². The average Bonchev–Trinajstić information content (AvgIpc) is 2.64. The van der Waals surface area contributed by atoms with Gasteiger partial charge in [-0.25, -0.2) is 4.57 Å². The highest BCUT2D eigenvalue weighted by molar-refractivity contribution is 7.54. The minimum absolute atomic E-state index is 0.437. The third kappa shape index (κ3) is 10.6. The van der Waals surface area contributed by atoms with Crippen LogP contribution in [0.2, 0.25) is 5.02 Å². The van der Waals surface area contributed by atoms with Gasteiger partial charge in [0.25, 0.3) is 0 Å². The first-order valence-electron chi connectivity index (χ1n) is 10.3. The Balaban J connectivity index is 2.29. The van der Waals surface area contributed by atoms with Crippen molar-refractivity contribution in [3.63, 3.8) is 0 Å². The summed E-state index contributed by atoms with van der Waals surface area (Å²) in [7, 11) is -3.14. The molecule has 0 saturated carbocycles. The summed E-state index contributed by atoms with van der Waals surface area (Å²) in [5.74, 6) is 0.445. The maximum atomic E-state index is 13.0. The van der Waals surface area contributed by atoms with Crippen molar-refractivity contribution in [1.82, 2.24) is 0 Å². The van der Waals surface area contributed by atoms with Crippen molar-refractivity contribution in [1.29, 1.82) is 0 Å². The number of benzene rings is 1. The standard InChI is InChI=1S/C21H36ClO3P/c1-3-5-7-8-9-10-11-12-15-18-24-26(23,19-6-4-2)25-21-17-14-13-16-20(21)22/h13-14,16-17H,3-12,15,18-19H2,1-2H3. The normalized spacial score (nSPS) is 13.5. The molecule has 0 spiro atoms. The van der Waals surface area contributed by atoms with Crippen molar-refractivity contribution in [2.75, 3.05) is 12.8 Å². The van der Waals surface area contributed by atoms with Crippen LogP contribution in [0.15, 0.2) is 24.3 Å². The molecule has 0 heterocycles. The number of para-hydroxylation sites is 1. The molecule has 0 fully saturated rings. The number of hydrogen-bond acceptors (Lipinski definition) is 3. The Morgan fingerprint density at radius 3 is 2.04 bits per heavy atom. The molecule has 0 radical (unpaired) electrons. The SMILES string of the molecule is CCCCCCCCCCCOP(=O)(CCCC)Oc1ccccc1Cl. The zero-order chi connectivity index (χ0) is 19.1. The van der Waals surface area contributed by atoms with Crippen LogP contribution in [0.1, 0.15) is 84.5 Å². The second-order valence-electron chi connectivity index (χ2n) is 6.87. The summed E-state index contributed by atoms with van der Waals surface area (Å²) in [6, 6.07) is 7.13. The Hall–Kier alpha value is -0.500. The summed E-state index contributed by atoms with van der Waals surface area (Å²) in [4.78, 5) is 0. The van der Waals surface area contributed by atoms with Crippen molar-refractivity contribution in [2.24, 2.45) is 0 Å².